The number of hydrogen-bond acceptors (Lipinski definition) is 5. The first-order chi connectivity index (χ1) is 9.79. The van der Waals surface area contributed by atoms with Crippen molar-refractivity contribution in [1.29, 1.82) is 0 Å². The van der Waals surface area contributed by atoms with Crippen LogP contribution in [0.3, 0.4) is 0 Å². The molecule has 2 aliphatic heterocycles. The molecule has 6 heteroatoms. The fourth-order valence-corrected chi connectivity index (χ4v) is 2.68. The van der Waals surface area contributed by atoms with Gasteiger partial charge in [0.15, 0.2) is 0 Å². The van der Waals surface area contributed by atoms with Crippen molar-refractivity contribution >= 4 is 5.91 Å². The molecule has 2 aliphatic rings. The topological polar surface area (TPSA) is 48.0 Å². The quantitative estimate of drug-likeness (QED) is 0.639. The van der Waals surface area contributed by atoms with E-state index in [0.29, 0.717) is 6.54 Å². The Kier molecular flexibility index (Phi) is 6.72. The monoisotopic (exact) mass is 284 g/mol. The van der Waals surface area contributed by atoms with Crippen LogP contribution in [-0.2, 0) is 9.53 Å². The lowest BCUT2D eigenvalue weighted by atomic mass is 10.3. The summed E-state index contributed by atoms with van der Waals surface area (Å²) in [5.41, 5.74) is 0. The molecule has 0 bridgehead atoms. The van der Waals surface area contributed by atoms with Gasteiger partial charge in [0.1, 0.15) is 0 Å². The average Bonchev–Trinajstić information content (AvgIpc) is 2.52. The van der Waals surface area contributed by atoms with Crippen LogP contribution < -0.4 is 5.32 Å². The summed E-state index contributed by atoms with van der Waals surface area (Å²) in [6, 6.07) is 0. The number of carbonyl (C=O) groups is 1. The summed E-state index contributed by atoms with van der Waals surface area (Å²) in [5.74, 6) is 0.239. The minimum atomic E-state index is 0.239. The Morgan fingerprint density at radius 3 is 2.40 bits per heavy atom. The first-order valence-corrected chi connectivity index (χ1v) is 7.80. The summed E-state index contributed by atoms with van der Waals surface area (Å²) in [6.45, 7) is 13.0. The maximum atomic E-state index is 12.1. The van der Waals surface area contributed by atoms with E-state index in [1.807, 2.05) is 4.90 Å². The number of piperazine rings is 1. The smallest absolute Gasteiger partial charge is 0.236 e. The number of ether oxygens (including phenoxy) is 1. The highest BCUT2D eigenvalue weighted by molar-refractivity contribution is 5.78. The summed E-state index contributed by atoms with van der Waals surface area (Å²) in [4.78, 5) is 18.8. The molecule has 0 unspecified atom stereocenters. The second-order valence-corrected chi connectivity index (χ2v) is 5.45. The number of amides is 1. The molecule has 116 valence electrons. The Morgan fingerprint density at radius 1 is 1.05 bits per heavy atom. The van der Waals surface area contributed by atoms with Crippen molar-refractivity contribution in [3.63, 3.8) is 0 Å². The van der Waals surface area contributed by atoms with Gasteiger partial charge in [0.05, 0.1) is 19.8 Å². The molecule has 0 aromatic heterocycles. The van der Waals surface area contributed by atoms with Gasteiger partial charge in [-0.2, -0.15) is 0 Å². The molecule has 6 nitrogen and oxygen atoms in total. The van der Waals surface area contributed by atoms with Gasteiger partial charge in [0, 0.05) is 52.4 Å². The van der Waals surface area contributed by atoms with Crippen molar-refractivity contribution in [2.75, 3.05) is 78.7 Å². The maximum absolute atomic E-state index is 12.1. The third-order valence-corrected chi connectivity index (χ3v) is 4.16. The van der Waals surface area contributed by atoms with Crippen molar-refractivity contribution in [1.82, 2.24) is 20.0 Å². The van der Waals surface area contributed by atoms with Gasteiger partial charge in [-0.05, 0) is 6.54 Å². The lowest BCUT2D eigenvalue weighted by Crippen LogP contribution is -2.51. The van der Waals surface area contributed by atoms with E-state index >= 15 is 0 Å². The number of nitrogens with one attached hydrogen (secondary N) is 1. The number of morpholine rings is 1. The van der Waals surface area contributed by atoms with Crippen molar-refractivity contribution in [2.24, 2.45) is 0 Å². The largest absolute Gasteiger partial charge is 0.379 e. The van der Waals surface area contributed by atoms with E-state index in [1.54, 1.807) is 0 Å². The van der Waals surface area contributed by atoms with Crippen LogP contribution in [0.5, 0.6) is 0 Å². The van der Waals surface area contributed by atoms with E-state index in [2.05, 4.69) is 22.0 Å². The molecular formula is C14H28N4O2. The molecule has 0 aromatic carbocycles. The summed E-state index contributed by atoms with van der Waals surface area (Å²) in [5, 5.41) is 3.27. The van der Waals surface area contributed by atoms with E-state index < -0.39 is 0 Å². The molecule has 2 saturated heterocycles. The normalized spacial score (nSPS) is 22.1. The Balaban J connectivity index is 1.53. The zero-order valence-electron chi connectivity index (χ0n) is 12.6. The van der Waals surface area contributed by atoms with Gasteiger partial charge >= 0.3 is 0 Å². The van der Waals surface area contributed by atoms with E-state index in [0.717, 1.165) is 72.1 Å². The maximum Gasteiger partial charge on any atom is 0.236 e. The lowest BCUT2D eigenvalue weighted by molar-refractivity contribution is -0.131. The Bertz CT molecular complexity index is 287. The van der Waals surface area contributed by atoms with Crippen LogP contribution in [0.2, 0.25) is 0 Å². The van der Waals surface area contributed by atoms with Gasteiger partial charge in [0.2, 0.25) is 5.91 Å². The molecule has 0 aliphatic carbocycles. The molecule has 0 atom stereocenters. The lowest BCUT2D eigenvalue weighted by Gasteiger charge is -2.34. The molecule has 20 heavy (non-hydrogen) atoms. The van der Waals surface area contributed by atoms with E-state index in [-0.39, 0.29) is 5.91 Å². The van der Waals surface area contributed by atoms with Crippen molar-refractivity contribution in [2.45, 2.75) is 6.92 Å². The Labute approximate surface area is 122 Å². The molecule has 2 fully saturated rings. The molecule has 0 saturated carbocycles. The molecular weight excluding hydrogens is 256 g/mol. The first-order valence-electron chi connectivity index (χ1n) is 7.80. The van der Waals surface area contributed by atoms with Crippen LogP contribution in [0.15, 0.2) is 0 Å². The summed E-state index contributed by atoms with van der Waals surface area (Å²) in [6.07, 6.45) is 0. The van der Waals surface area contributed by atoms with E-state index in [1.165, 1.54) is 0 Å². The fraction of sp³-hybridized carbons (Fsp3) is 0.929. The minimum absolute atomic E-state index is 0.239. The number of rotatable bonds is 6. The van der Waals surface area contributed by atoms with Crippen LogP contribution in [0, 0.1) is 0 Å². The van der Waals surface area contributed by atoms with Crippen molar-refractivity contribution < 1.29 is 9.53 Å². The number of nitrogens with zero attached hydrogens (tertiary/aromatic N) is 3. The summed E-state index contributed by atoms with van der Waals surface area (Å²) < 4.78 is 5.31. The van der Waals surface area contributed by atoms with Crippen LogP contribution in [0.1, 0.15) is 6.92 Å². The molecule has 2 rings (SSSR count). The zero-order chi connectivity index (χ0) is 14.2. The van der Waals surface area contributed by atoms with Gasteiger partial charge in [-0.1, -0.05) is 6.92 Å². The predicted octanol–water partition coefficient (Wildman–Crippen LogP) is -0.928. The van der Waals surface area contributed by atoms with Gasteiger partial charge in [-0.25, -0.2) is 0 Å². The number of hydrogen-bond donors (Lipinski definition) is 1. The van der Waals surface area contributed by atoms with Crippen LogP contribution in [-0.4, -0.2) is 99.3 Å². The van der Waals surface area contributed by atoms with Gasteiger partial charge in [0.25, 0.3) is 0 Å². The predicted molar refractivity (Wildman–Crippen MR) is 78.8 cm³/mol. The highest BCUT2D eigenvalue weighted by Gasteiger charge is 2.19. The van der Waals surface area contributed by atoms with Crippen LogP contribution in [0.4, 0.5) is 0 Å². The number of likely N-dealkylation sites (N-methyl/N-ethyl adjacent to an activating group) is 1. The SMILES string of the molecule is CCN1CCN(C(=O)CNCCN2CCOCC2)CC1. The fourth-order valence-electron chi connectivity index (χ4n) is 2.68. The molecule has 0 aromatic rings. The Hall–Kier alpha value is -0.690. The summed E-state index contributed by atoms with van der Waals surface area (Å²) in [7, 11) is 0. The first kappa shape index (κ1) is 15.7. The average molecular weight is 284 g/mol. The number of carbonyl (C=O) groups excluding carboxylic acids is 1. The minimum Gasteiger partial charge on any atom is -0.379 e. The van der Waals surface area contributed by atoms with Crippen LogP contribution in [0.25, 0.3) is 0 Å². The summed E-state index contributed by atoms with van der Waals surface area (Å²) >= 11 is 0. The molecule has 1 amide bonds. The zero-order valence-corrected chi connectivity index (χ0v) is 12.6. The highest BCUT2D eigenvalue weighted by atomic mass is 16.5. The second-order valence-electron chi connectivity index (χ2n) is 5.45. The van der Waals surface area contributed by atoms with E-state index in [4.69, 9.17) is 4.74 Å². The van der Waals surface area contributed by atoms with Crippen molar-refractivity contribution in [3.8, 4) is 0 Å². The highest BCUT2D eigenvalue weighted by Crippen LogP contribution is 2.01. The Morgan fingerprint density at radius 2 is 1.75 bits per heavy atom. The second kappa shape index (κ2) is 8.56. The molecule has 0 radical (unpaired) electrons. The molecule has 0 spiro atoms. The van der Waals surface area contributed by atoms with Gasteiger partial charge in [-0.3, -0.25) is 9.69 Å². The van der Waals surface area contributed by atoms with Gasteiger partial charge < -0.3 is 19.9 Å². The van der Waals surface area contributed by atoms with Crippen molar-refractivity contribution in [3.05, 3.63) is 0 Å². The molecule has 2 heterocycles. The standard InChI is InChI=1S/C14H28N4O2/c1-2-16-5-7-18(8-6-16)14(19)13-15-3-4-17-9-11-20-12-10-17/h15H,2-13H2,1H3. The van der Waals surface area contributed by atoms with E-state index in [9.17, 15) is 4.79 Å². The van der Waals surface area contributed by atoms with Gasteiger partial charge in [-0.15, -0.1) is 0 Å². The third kappa shape index (κ3) is 5.01. The molecule has 1 N–H and O–H groups in total. The third-order valence-electron chi connectivity index (χ3n) is 4.16. The van der Waals surface area contributed by atoms with Crippen LogP contribution >= 0.6 is 0 Å².